The number of benzene rings is 2. The maximum absolute atomic E-state index is 9.10. The van der Waals surface area contributed by atoms with Crippen LogP contribution in [0.5, 0.6) is 11.5 Å². The lowest BCUT2D eigenvalue weighted by molar-refractivity contribution is -0.159. The fourth-order valence-electron chi connectivity index (χ4n) is 3.17. The number of hydrogen-bond acceptors (Lipinski definition) is 6. The van der Waals surface area contributed by atoms with Gasteiger partial charge in [-0.3, -0.25) is 9.80 Å². The van der Waals surface area contributed by atoms with Gasteiger partial charge in [-0.15, -0.1) is 0 Å². The molecule has 1 aliphatic heterocycles. The summed E-state index contributed by atoms with van der Waals surface area (Å²) in [6.45, 7) is 6.34. The van der Waals surface area contributed by atoms with Crippen molar-refractivity contribution in [3.8, 4) is 11.5 Å². The Bertz CT molecular complexity index is 808. The first kappa shape index (κ1) is 23.2. The van der Waals surface area contributed by atoms with Gasteiger partial charge in [0.05, 0.1) is 14.2 Å². The molecular weight excluding hydrogens is 388 g/mol. The van der Waals surface area contributed by atoms with Crippen LogP contribution in [0, 0.1) is 0 Å². The highest BCUT2D eigenvalue weighted by Crippen LogP contribution is 2.26. The van der Waals surface area contributed by atoms with E-state index in [1.165, 1.54) is 11.1 Å². The molecule has 0 amide bonds. The van der Waals surface area contributed by atoms with E-state index in [4.69, 9.17) is 29.3 Å². The van der Waals surface area contributed by atoms with Gasteiger partial charge in [0.15, 0.2) is 0 Å². The molecule has 1 fully saturated rings. The molecule has 2 aromatic rings. The van der Waals surface area contributed by atoms with Crippen molar-refractivity contribution in [2.24, 2.45) is 0 Å². The highest BCUT2D eigenvalue weighted by Gasteiger charge is 2.18. The molecular formula is C22H28N2O6. The van der Waals surface area contributed by atoms with Gasteiger partial charge in [-0.05, 0) is 11.6 Å². The zero-order valence-electron chi connectivity index (χ0n) is 17.3. The van der Waals surface area contributed by atoms with Crippen molar-refractivity contribution in [1.82, 2.24) is 9.80 Å². The Balaban J connectivity index is 0.000000469. The van der Waals surface area contributed by atoms with Gasteiger partial charge in [0, 0.05) is 50.9 Å². The number of aliphatic carboxylic acids is 2. The molecule has 0 spiro atoms. The summed E-state index contributed by atoms with van der Waals surface area (Å²) in [6.07, 6.45) is 0. The van der Waals surface area contributed by atoms with Gasteiger partial charge in [-0.25, -0.2) is 9.59 Å². The molecule has 3 rings (SSSR count). The van der Waals surface area contributed by atoms with E-state index in [9.17, 15) is 0 Å². The van der Waals surface area contributed by atoms with Crippen molar-refractivity contribution in [2.45, 2.75) is 13.1 Å². The van der Waals surface area contributed by atoms with Gasteiger partial charge in [-0.1, -0.05) is 36.4 Å². The third-order valence-corrected chi connectivity index (χ3v) is 4.79. The standard InChI is InChI=1S/C20H26N2O2.C2H2O4/c1-23-19-9-8-18(20(14-19)24-2)16-22-12-10-21(11-13-22)15-17-6-4-3-5-7-17;3-1(4)2(5)6/h3-9,14H,10-13,15-16H2,1-2H3;(H,3,4)(H,5,6). The van der Waals surface area contributed by atoms with Crippen LogP contribution in [0.25, 0.3) is 0 Å². The molecule has 0 unspecified atom stereocenters. The van der Waals surface area contributed by atoms with Crippen LogP contribution in [-0.2, 0) is 22.7 Å². The first-order valence-electron chi connectivity index (χ1n) is 9.58. The molecule has 1 saturated heterocycles. The van der Waals surface area contributed by atoms with Crippen LogP contribution in [0.1, 0.15) is 11.1 Å². The third kappa shape index (κ3) is 7.38. The van der Waals surface area contributed by atoms with E-state index in [1.807, 2.05) is 12.1 Å². The van der Waals surface area contributed by atoms with E-state index < -0.39 is 11.9 Å². The van der Waals surface area contributed by atoms with E-state index in [0.717, 1.165) is 50.8 Å². The second-order valence-corrected chi connectivity index (χ2v) is 6.83. The molecule has 8 heteroatoms. The first-order valence-corrected chi connectivity index (χ1v) is 9.58. The summed E-state index contributed by atoms with van der Waals surface area (Å²) in [5, 5.41) is 14.8. The number of piperazine rings is 1. The molecule has 30 heavy (non-hydrogen) atoms. The monoisotopic (exact) mass is 416 g/mol. The minimum absolute atomic E-state index is 0.836. The minimum Gasteiger partial charge on any atom is -0.497 e. The summed E-state index contributed by atoms with van der Waals surface area (Å²) >= 11 is 0. The number of carbonyl (C=O) groups is 2. The maximum atomic E-state index is 9.10. The largest absolute Gasteiger partial charge is 0.497 e. The lowest BCUT2D eigenvalue weighted by Crippen LogP contribution is -2.45. The number of ether oxygens (including phenoxy) is 2. The second kappa shape index (κ2) is 11.8. The Hall–Kier alpha value is -3.10. The van der Waals surface area contributed by atoms with E-state index >= 15 is 0 Å². The summed E-state index contributed by atoms with van der Waals surface area (Å²) in [5.74, 6) is -1.91. The molecule has 0 bridgehead atoms. The Kier molecular flexibility index (Phi) is 9.11. The van der Waals surface area contributed by atoms with Crippen LogP contribution < -0.4 is 9.47 Å². The topological polar surface area (TPSA) is 99.5 Å². The van der Waals surface area contributed by atoms with Crippen molar-refractivity contribution in [2.75, 3.05) is 40.4 Å². The molecule has 162 valence electrons. The summed E-state index contributed by atoms with van der Waals surface area (Å²) in [5.41, 5.74) is 2.61. The summed E-state index contributed by atoms with van der Waals surface area (Å²) in [4.78, 5) is 23.2. The van der Waals surface area contributed by atoms with Crippen molar-refractivity contribution < 1.29 is 29.3 Å². The molecule has 0 aliphatic carbocycles. The zero-order chi connectivity index (χ0) is 21.9. The molecule has 0 saturated carbocycles. The minimum atomic E-state index is -1.82. The molecule has 0 radical (unpaired) electrons. The lowest BCUT2D eigenvalue weighted by Gasteiger charge is -2.35. The predicted octanol–water partition coefficient (Wildman–Crippen LogP) is 2.18. The van der Waals surface area contributed by atoms with Gasteiger partial charge in [0.1, 0.15) is 11.5 Å². The number of carboxylic acids is 2. The van der Waals surface area contributed by atoms with Gasteiger partial charge in [0.2, 0.25) is 0 Å². The molecule has 0 atom stereocenters. The van der Waals surface area contributed by atoms with E-state index in [2.05, 4.69) is 46.2 Å². The zero-order valence-corrected chi connectivity index (χ0v) is 17.3. The second-order valence-electron chi connectivity index (χ2n) is 6.83. The van der Waals surface area contributed by atoms with Crippen molar-refractivity contribution in [1.29, 1.82) is 0 Å². The fraction of sp³-hybridized carbons (Fsp3) is 0.364. The highest BCUT2D eigenvalue weighted by atomic mass is 16.5. The highest BCUT2D eigenvalue weighted by molar-refractivity contribution is 6.27. The first-order chi connectivity index (χ1) is 14.4. The number of rotatable bonds is 6. The maximum Gasteiger partial charge on any atom is 0.414 e. The third-order valence-electron chi connectivity index (χ3n) is 4.79. The average molecular weight is 416 g/mol. The van der Waals surface area contributed by atoms with Crippen LogP contribution in [0.15, 0.2) is 48.5 Å². The van der Waals surface area contributed by atoms with Crippen molar-refractivity contribution in [3.05, 3.63) is 59.7 Å². The predicted molar refractivity (Wildman–Crippen MR) is 112 cm³/mol. The SMILES string of the molecule is COc1ccc(CN2CCN(Cc3ccccc3)CC2)c(OC)c1.O=C(O)C(=O)O. The molecule has 2 N–H and O–H groups in total. The lowest BCUT2D eigenvalue weighted by atomic mass is 10.1. The van der Waals surface area contributed by atoms with Crippen LogP contribution >= 0.6 is 0 Å². The van der Waals surface area contributed by atoms with Crippen LogP contribution in [-0.4, -0.2) is 72.4 Å². The summed E-state index contributed by atoms with van der Waals surface area (Å²) in [7, 11) is 3.40. The van der Waals surface area contributed by atoms with Gasteiger partial charge in [-0.2, -0.15) is 0 Å². The Labute approximate surface area is 176 Å². The normalized spacial score (nSPS) is 14.3. The van der Waals surface area contributed by atoms with Gasteiger partial charge in [0.25, 0.3) is 0 Å². The summed E-state index contributed by atoms with van der Waals surface area (Å²) in [6, 6.07) is 16.8. The van der Waals surface area contributed by atoms with Crippen LogP contribution in [0.3, 0.4) is 0 Å². The van der Waals surface area contributed by atoms with Gasteiger partial charge < -0.3 is 19.7 Å². The Morgan fingerprint density at radius 2 is 1.40 bits per heavy atom. The molecule has 1 heterocycles. The van der Waals surface area contributed by atoms with Crippen LogP contribution in [0.4, 0.5) is 0 Å². The number of nitrogens with zero attached hydrogens (tertiary/aromatic N) is 2. The van der Waals surface area contributed by atoms with Crippen molar-refractivity contribution >= 4 is 11.9 Å². The van der Waals surface area contributed by atoms with E-state index in [1.54, 1.807) is 14.2 Å². The summed E-state index contributed by atoms with van der Waals surface area (Å²) < 4.78 is 10.8. The number of methoxy groups -OCH3 is 2. The molecule has 1 aliphatic rings. The van der Waals surface area contributed by atoms with Gasteiger partial charge >= 0.3 is 11.9 Å². The Morgan fingerprint density at radius 3 is 1.90 bits per heavy atom. The molecule has 8 nitrogen and oxygen atoms in total. The quantitative estimate of drug-likeness (QED) is 0.692. The van der Waals surface area contributed by atoms with E-state index in [0.29, 0.717) is 0 Å². The average Bonchev–Trinajstić information content (AvgIpc) is 2.76. The van der Waals surface area contributed by atoms with E-state index in [-0.39, 0.29) is 0 Å². The smallest absolute Gasteiger partial charge is 0.414 e. The Morgan fingerprint density at radius 1 is 0.833 bits per heavy atom. The molecule has 0 aromatic heterocycles. The fourth-order valence-corrected chi connectivity index (χ4v) is 3.17. The van der Waals surface area contributed by atoms with Crippen molar-refractivity contribution in [3.63, 3.8) is 0 Å². The molecule has 2 aromatic carbocycles. The number of hydrogen-bond donors (Lipinski definition) is 2. The van der Waals surface area contributed by atoms with Crippen LogP contribution in [0.2, 0.25) is 0 Å². The number of carboxylic acid groups (broad SMARTS) is 2.